The highest BCUT2D eigenvalue weighted by Crippen LogP contribution is 2.35. The highest BCUT2D eigenvalue weighted by Gasteiger charge is 2.25. The van der Waals surface area contributed by atoms with Gasteiger partial charge in [-0.25, -0.2) is 4.79 Å². The molecule has 128 valence electrons. The minimum absolute atomic E-state index is 0.124. The lowest BCUT2D eigenvalue weighted by molar-refractivity contribution is 0.0527. The molecule has 0 radical (unpaired) electrons. The van der Waals surface area contributed by atoms with Gasteiger partial charge in [-0.05, 0) is 57.6 Å². The summed E-state index contributed by atoms with van der Waals surface area (Å²) in [5.41, 5.74) is 3.30. The summed E-state index contributed by atoms with van der Waals surface area (Å²) in [4.78, 5) is 27.3. The number of ether oxygens (including phenoxy) is 1. The van der Waals surface area contributed by atoms with E-state index in [2.05, 4.69) is 5.32 Å². The Hall–Kier alpha value is -1.66. The molecule has 2 heterocycles. The summed E-state index contributed by atoms with van der Waals surface area (Å²) in [6, 6.07) is 0. The van der Waals surface area contributed by atoms with Crippen molar-refractivity contribution >= 4 is 39.6 Å². The number of amides is 1. The molecule has 0 atom stereocenters. The van der Waals surface area contributed by atoms with Gasteiger partial charge in [0.05, 0.1) is 17.7 Å². The van der Waals surface area contributed by atoms with Crippen molar-refractivity contribution in [1.29, 1.82) is 0 Å². The van der Waals surface area contributed by atoms with Gasteiger partial charge in [-0.3, -0.25) is 4.79 Å². The van der Waals surface area contributed by atoms with Gasteiger partial charge in [0.25, 0.3) is 5.91 Å². The Bertz CT molecular complexity index is 789. The Morgan fingerprint density at radius 2 is 2.00 bits per heavy atom. The molecule has 0 bridgehead atoms. The summed E-state index contributed by atoms with van der Waals surface area (Å²) in [7, 11) is 0. The molecule has 6 heteroatoms. The molecule has 0 aromatic carbocycles. The molecule has 0 saturated heterocycles. The van der Waals surface area contributed by atoms with Crippen LogP contribution in [0.2, 0.25) is 0 Å². The summed E-state index contributed by atoms with van der Waals surface area (Å²) in [5.74, 6) is -0.497. The van der Waals surface area contributed by atoms with Crippen molar-refractivity contribution < 1.29 is 14.3 Å². The van der Waals surface area contributed by atoms with Gasteiger partial charge in [-0.15, -0.1) is 22.7 Å². The first kappa shape index (κ1) is 17.2. The van der Waals surface area contributed by atoms with Crippen molar-refractivity contribution in [3.63, 3.8) is 0 Å². The number of carbonyl (C=O) groups is 2. The van der Waals surface area contributed by atoms with Crippen molar-refractivity contribution in [3.8, 4) is 0 Å². The zero-order valence-electron chi connectivity index (χ0n) is 14.2. The molecule has 2 aromatic heterocycles. The monoisotopic (exact) mass is 363 g/mol. The van der Waals surface area contributed by atoms with Crippen LogP contribution < -0.4 is 5.32 Å². The maximum atomic E-state index is 12.8. The fourth-order valence-corrected chi connectivity index (χ4v) is 5.19. The molecule has 1 aliphatic carbocycles. The van der Waals surface area contributed by atoms with E-state index >= 15 is 0 Å². The van der Waals surface area contributed by atoms with Gasteiger partial charge in [-0.2, -0.15) is 0 Å². The largest absolute Gasteiger partial charge is 0.462 e. The van der Waals surface area contributed by atoms with E-state index in [-0.39, 0.29) is 11.9 Å². The number of hydrogen-bond donors (Lipinski definition) is 1. The number of esters is 1. The van der Waals surface area contributed by atoms with Crippen molar-refractivity contribution in [1.82, 2.24) is 0 Å². The van der Waals surface area contributed by atoms with Crippen LogP contribution in [-0.2, 0) is 17.6 Å². The third-order valence-corrected chi connectivity index (χ3v) is 6.61. The number of aryl methyl sites for hydroxylation is 2. The lowest BCUT2D eigenvalue weighted by Gasteiger charge is -2.13. The van der Waals surface area contributed by atoms with Gasteiger partial charge >= 0.3 is 5.97 Å². The Morgan fingerprint density at radius 3 is 2.75 bits per heavy atom. The van der Waals surface area contributed by atoms with Gasteiger partial charge in [0, 0.05) is 15.1 Å². The first-order valence-electron chi connectivity index (χ1n) is 8.20. The van der Waals surface area contributed by atoms with Gasteiger partial charge in [0.15, 0.2) is 0 Å². The smallest absolute Gasteiger partial charge is 0.341 e. The molecule has 1 aliphatic rings. The number of nitrogens with one attached hydrogen (secondary N) is 1. The van der Waals surface area contributed by atoms with Crippen LogP contribution in [0.1, 0.15) is 61.4 Å². The molecule has 24 heavy (non-hydrogen) atoms. The highest BCUT2D eigenvalue weighted by atomic mass is 32.1. The molecular weight excluding hydrogens is 342 g/mol. The molecule has 0 unspecified atom stereocenters. The fraction of sp³-hybridized carbons (Fsp3) is 0.444. The summed E-state index contributed by atoms with van der Waals surface area (Å²) in [5, 5.41) is 5.48. The van der Waals surface area contributed by atoms with E-state index in [1.54, 1.807) is 18.3 Å². The minimum atomic E-state index is -0.373. The van der Waals surface area contributed by atoms with E-state index in [9.17, 15) is 9.59 Å². The molecule has 0 aliphatic heterocycles. The lowest BCUT2D eigenvalue weighted by atomic mass is 9.95. The zero-order valence-corrected chi connectivity index (χ0v) is 15.8. The summed E-state index contributed by atoms with van der Waals surface area (Å²) in [6.07, 6.45) is 4.37. The van der Waals surface area contributed by atoms with Gasteiger partial charge in [-0.1, -0.05) is 0 Å². The van der Waals surface area contributed by atoms with E-state index in [0.29, 0.717) is 17.2 Å². The Kier molecular flexibility index (Phi) is 5.06. The summed E-state index contributed by atoms with van der Waals surface area (Å²) in [6.45, 7) is 5.94. The molecule has 2 aromatic rings. The van der Waals surface area contributed by atoms with E-state index in [4.69, 9.17) is 4.74 Å². The molecule has 0 spiro atoms. The number of anilines is 1. The van der Waals surface area contributed by atoms with Crippen LogP contribution in [0.4, 0.5) is 5.00 Å². The predicted molar refractivity (Wildman–Crippen MR) is 98.7 cm³/mol. The second-order valence-electron chi connectivity index (χ2n) is 5.92. The average Bonchev–Trinajstić information content (AvgIpc) is 3.09. The van der Waals surface area contributed by atoms with E-state index in [1.165, 1.54) is 28.2 Å². The lowest BCUT2D eigenvalue weighted by Crippen LogP contribution is -2.16. The maximum absolute atomic E-state index is 12.8. The Balaban J connectivity index is 1.88. The molecule has 4 nitrogen and oxygen atoms in total. The van der Waals surface area contributed by atoms with Gasteiger partial charge in [0.2, 0.25) is 0 Å². The van der Waals surface area contributed by atoms with E-state index < -0.39 is 0 Å². The number of rotatable bonds is 4. The van der Waals surface area contributed by atoms with Gasteiger partial charge in [0.1, 0.15) is 5.00 Å². The first-order valence-corrected chi connectivity index (χ1v) is 9.90. The molecule has 1 amide bonds. The maximum Gasteiger partial charge on any atom is 0.341 e. The van der Waals surface area contributed by atoms with Crippen LogP contribution in [-0.4, -0.2) is 18.5 Å². The third kappa shape index (κ3) is 3.13. The fourth-order valence-electron chi connectivity index (χ4n) is 3.02. The normalized spacial score (nSPS) is 13.5. The quantitative estimate of drug-likeness (QED) is 0.799. The topological polar surface area (TPSA) is 55.4 Å². The van der Waals surface area contributed by atoms with Crippen LogP contribution in [0.25, 0.3) is 0 Å². The SMILES string of the molecule is CCOC(=O)c1c(NC(=O)c2csc3c2CCCC3)sc(C)c1C. The number of carbonyl (C=O) groups excluding carboxylic acids is 2. The first-order chi connectivity index (χ1) is 11.5. The summed E-state index contributed by atoms with van der Waals surface area (Å²) < 4.78 is 5.14. The Morgan fingerprint density at radius 1 is 1.25 bits per heavy atom. The number of fused-ring (bicyclic) bond motifs is 1. The highest BCUT2D eigenvalue weighted by molar-refractivity contribution is 7.17. The average molecular weight is 364 g/mol. The van der Waals surface area contributed by atoms with Crippen LogP contribution in [0, 0.1) is 13.8 Å². The standard InChI is InChI=1S/C18H21NO3S2/c1-4-22-18(21)15-10(2)11(3)24-17(15)19-16(20)13-9-23-14-8-6-5-7-12(13)14/h9H,4-8H2,1-3H3,(H,19,20). The predicted octanol–water partition coefficient (Wildman–Crippen LogP) is 4.73. The van der Waals surface area contributed by atoms with Crippen LogP contribution in [0.5, 0.6) is 0 Å². The van der Waals surface area contributed by atoms with Crippen molar-refractivity contribution in [2.24, 2.45) is 0 Å². The molecule has 0 fully saturated rings. The van der Waals surface area contributed by atoms with Crippen molar-refractivity contribution in [3.05, 3.63) is 37.4 Å². The second-order valence-corrected chi connectivity index (χ2v) is 8.11. The van der Waals surface area contributed by atoms with Crippen LogP contribution in [0.15, 0.2) is 5.38 Å². The Labute approximate surface area is 149 Å². The van der Waals surface area contributed by atoms with Crippen LogP contribution in [0.3, 0.4) is 0 Å². The molecule has 1 N–H and O–H groups in total. The number of hydrogen-bond acceptors (Lipinski definition) is 5. The zero-order chi connectivity index (χ0) is 17.3. The van der Waals surface area contributed by atoms with Gasteiger partial charge < -0.3 is 10.1 Å². The number of thiophene rings is 2. The molecule has 3 rings (SSSR count). The second kappa shape index (κ2) is 7.07. The summed E-state index contributed by atoms with van der Waals surface area (Å²) >= 11 is 3.10. The van der Waals surface area contributed by atoms with E-state index in [1.807, 2.05) is 19.2 Å². The van der Waals surface area contributed by atoms with Crippen molar-refractivity contribution in [2.75, 3.05) is 11.9 Å². The minimum Gasteiger partial charge on any atom is -0.462 e. The van der Waals surface area contributed by atoms with Crippen molar-refractivity contribution in [2.45, 2.75) is 46.5 Å². The molecule has 0 saturated carbocycles. The molecular formula is C18H21NO3S2. The van der Waals surface area contributed by atoms with E-state index in [0.717, 1.165) is 35.3 Å². The van der Waals surface area contributed by atoms with Crippen LogP contribution >= 0.6 is 22.7 Å². The third-order valence-electron chi connectivity index (χ3n) is 4.40.